The van der Waals surface area contributed by atoms with E-state index in [0.717, 1.165) is 25.2 Å². The minimum atomic E-state index is -0.283. The van der Waals surface area contributed by atoms with Crippen molar-refractivity contribution in [1.82, 2.24) is 20.0 Å². The van der Waals surface area contributed by atoms with Gasteiger partial charge >= 0.3 is 0 Å². The van der Waals surface area contributed by atoms with Crippen LogP contribution in [0.5, 0.6) is 0 Å². The Balaban J connectivity index is 1.44. The predicted molar refractivity (Wildman–Crippen MR) is 134 cm³/mol. The third kappa shape index (κ3) is 5.72. The molecule has 1 aliphatic heterocycles. The van der Waals surface area contributed by atoms with Crippen LogP contribution in [0, 0.1) is 5.92 Å². The maximum atomic E-state index is 13.1. The minimum absolute atomic E-state index is 0.166. The number of aromatic nitrogens is 2. The van der Waals surface area contributed by atoms with E-state index in [1.807, 2.05) is 38.1 Å². The van der Waals surface area contributed by atoms with Crippen molar-refractivity contribution in [3.05, 3.63) is 75.7 Å². The number of amides is 1. The molecule has 180 valence electrons. The van der Waals surface area contributed by atoms with Crippen LogP contribution in [-0.2, 0) is 24.4 Å². The van der Waals surface area contributed by atoms with Gasteiger partial charge < -0.3 is 10.1 Å². The molecule has 0 spiro atoms. The summed E-state index contributed by atoms with van der Waals surface area (Å²) in [5.41, 5.74) is 2.37. The Labute approximate surface area is 200 Å². The van der Waals surface area contributed by atoms with Crippen LogP contribution in [0.25, 0.3) is 10.8 Å². The van der Waals surface area contributed by atoms with Crippen molar-refractivity contribution < 1.29 is 9.53 Å². The Bertz CT molecular complexity index is 1190. The molecule has 3 aromatic rings. The van der Waals surface area contributed by atoms with Crippen LogP contribution in [0.4, 0.5) is 0 Å². The molecular formula is C27H34N4O3. The number of benzene rings is 2. The lowest BCUT2D eigenvalue weighted by Crippen LogP contribution is -2.44. The second-order valence-electron chi connectivity index (χ2n) is 9.73. The highest BCUT2D eigenvalue weighted by Crippen LogP contribution is 2.16. The van der Waals surface area contributed by atoms with Gasteiger partial charge in [0.2, 0.25) is 0 Å². The van der Waals surface area contributed by atoms with Crippen molar-refractivity contribution in [2.45, 2.75) is 59.5 Å². The first kappa shape index (κ1) is 24.1. The van der Waals surface area contributed by atoms with Crippen LogP contribution in [-0.4, -0.2) is 45.9 Å². The van der Waals surface area contributed by atoms with Crippen molar-refractivity contribution >= 4 is 16.7 Å². The first-order chi connectivity index (χ1) is 16.3. The summed E-state index contributed by atoms with van der Waals surface area (Å²) in [5.74, 6) is -0.0428. The van der Waals surface area contributed by atoms with E-state index in [1.165, 1.54) is 10.2 Å². The fourth-order valence-electron chi connectivity index (χ4n) is 4.57. The molecule has 2 atom stereocenters. The van der Waals surface area contributed by atoms with Crippen molar-refractivity contribution in [2.75, 3.05) is 13.1 Å². The molecular weight excluding hydrogens is 428 g/mol. The van der Waals surface area contributed by atoms with E-state index < -0.39 is 0 Å². The minimum Gasteiger partial charge on any atom is -0.373 e. The maximum absolute atomic E-state index is 13.1. The van der Waals surface area contributed by atoms with E-state index in [2.05, 4.69) is 41.3 Å². The number of rotatable bonds is 7. The third-order valence-electron chi connectivity index (χ3n) is 6.00. The van der Waals surface area contributed by atoms with Crippen LogP contribution in [0.1, 0.15) is 49.3 Å². The molecule has 1 aromatic heterocycles. The molecule has 1 N–H and O–H groups in total. The Morgan fingerprint density at radius 2 is 1.65 bits per heavy atom. The van der Waals surface area contributed by atoms with Crippen LogP contribution in [0.3, 0.4) is 0 Å². The molecule has 0 radical (unpaired) electrons. The normalized spacial score (nSPS) is 19.0. The molecule has 2 unspecified atom stereocenters. The van der Waals surface area contributed by atoms with Crippen molar-refractivity contribution in [3.8, 4) is 0 Å². The van der Waals surface area contributed by atoms with Gasteiger partial charge in [-0.05, 0) is 37.0 Å². The van der Waals surface area contributed by atoms with E-state index in [0.29, 0.717) is 23.9 Å². The largest absolute Gasteiger partial charge is 0.373 e. The molecule has 0 saturated carbocycles. The predicted octanol–water partition coefficient (Wildman–Crippen LogP) is 3.59. The van der Waals surface area contributed by atoms with E-state index in [-0.39, 0.29) is 35.3 Å². The first-order valence-electron chi connectivity index (χ1n) is 12.0. The molecule has 1 saturated heterocycles. The molecule has 7 nitrogen and oxygen atoms in total. The van der Waals surface area contributed by atoms with Gasteiger partial charge in [-0.1, -0.05) is 56.3 Å². The highest BCUT2D eigenvalue weighted by Gasteiger charge is 2.22. The number of carbonyl (C=O) groups is 1. The van der Waals surface area contributed by atoms with Gasteiger partial charge in [0.05, 0.1) is 17.6 Å². The van der Waals surface area contributed by atoms with Gasteiger partial charge in [0.1, 0.15) is 0 Å². The van der Waals surface area contributed by atoms with Gasteiger partial charge in [0.15, 0.2) is 5.69 Å². The summed E-state index contributed by atoms with van der Waals surface area (Å²) >= 11 is 0. The molecule has 0 aliphatic carbocycles. The number of hydrogen-bond acceptors (Lipinski definition) is 5. The molecule has 4 rings (SSSR count). The number of morpholine rings is 1. The zero-order chi connectivity index (χ0) is 24.2. The molecule has 34 heavy (non-hydrogen) atoms. The SMILES string of the molecule is CC(C)Cn1nc(C(=O)NCc2ccc(CN3CC(C)OC(C)C3)cc2)c2ccccc2c1=O. The van der Waals surface area contributed by atoms with Gasteiger partial charge in [-0.2, -0.15) is 5.10 Å². The van der Waals surface area contributed by atoms with Crippen molar-refractivity contribution in [1.29, 1.82) is 0 Å². The topological polar surface area (TPSA) is 76.5 Å². The van der Waals surface area contributed by atoms with E-state index in [1.54, 1.807) is 12.1 Å². The average Bonchev–Trinajstić information content (AvgIpc) is 2.79. The number of nitrogens with zero attached hydrogens (tertiary/aromatic N) is 3. The highest BCUT2D eigenvalue weighted by molar-refractivity contribution is 6.04. The van der Waals surface area contributed by atoms with Crippen LogP contribution in [0.15, 0.2) is 53.3 Å². The van der Waals surface area contributed by atoms with Crippen LogP contribution < -0.4 is 10.9 Å². The summed E-state index contributed by atoms with van der Waals surface area (Å²) in [4.78, 5) is 28.3. The fraction of sp³-hybridized carbons (Fsp3) is 0.444. The summed E-state index contributed by atoms with van der Waals surface area (Å²) in [6, 6.07) is 15.5. The summed E-state index contributed by atoms with van der Waals surface area (Å²) < 4.78 is 7.22. The highest BCUT2D eigenvalue weighted by atomic mass is 16.5. The number of nitrogens with one attached hydrogen (secondary N) is 1. The smallest absolute Gasteiger partial charge is 0.274 e. The molecule has 1 aliphatic rings. The molecule has 7 heteroatoms. The summed E-state index contributed by atoms with van der Waals surface area (Å²) in [7, 11) is 0. The number of ether oxygens (including phenoxy) is 1. The standard InChI is InChI=1S/C27H34N4O3/c1-18(2)14-31-27(33)24-8-6-5-7-23(24)25(29-31)26(32)28-13-21-9-11-22(12-10-21)17-30-15-19(3)34-20(4)16-30/h5-12,18-20H,13-17H2,1-4H3,(H,28,32). The quantitative estimate of drug-likeness (QED) is 0.581. The summed E-state index contributed by atoms with van der Waals surface area (Å²) in [5, 5.41) is 8.49. The van der Waals surface area contributed by atoms with Crippen LogP contribution in [0.2, 0.25) is 0 Å². The number of carbonyl (C=O) groups excluding carboxylic acids is 1. The lowest BCUT2D eigenvalue weighted by Gasteiger charge is -2.35. The van der Waals surface area contributed by atoms with Gasteiger partial charge in [-0.15, -0.1) is 0 Å². The fourth-order valence-corrected chi connectivity index (χ4v) is 4.57. The molecule has 2 heterocycles. The zero-order valence-electron chi connectivity index (χ0n) is 20.5. The lowest BCUT2D eigenvalue weighted by molar-refractivity contribution is -0.0704. The monoisotopic (exact) mass is 462 g/mol. The number of hydrogen-bond donors (Lipinski definition) is 1. The maximum Gasteiger partial charge on any atom is 0.274 e. The molecule has 1 fully saturated rings. The number of fused-ring (bicyclic) bond motifs is 1. The second-order valence-corrected chi connectivity index (χ2v) is 9.73. The van der Waals surface area contributed by atoms with E-state index in [4.69, 9.17) is 4.74 Å². The van der Waals surface area contributed by atoms with E-state index >= 15 is 0 Å². The van der Waals surface area contributed by atoms with Gasteiger partial charge in [-0.3, -0.25) is 14.5 Å². The summed E-state index contributed by atoms with van der Waals surface area (Å²) in [6.45, 7) is 11.9. The Morgan fingerprint density at radius 3 is 2.29 bits per heavy atom. The summed E-state index contributed by atoms with van der Waals surface area (Å²) in [6.07, 6.45) is 0.496. The average molecular weight is 463 g/mol. The Hall–Kier alpha value is -3.03. The molecule has 1 amide bonds. The first-order valence-corrected chi connectivity index (χ1v) is 12.0. The second kappa shape index (κ2) is 10.5. The van der Waals surface area contributed by atoms with Gasteiger partial charge in [0, 0.05) is 38.1 Å². The molecule has 2 aromatic carbocycles. The molecule has 0 bridgehead atoms. The van der Waals surface area contributed by atoms with Crippen LogP contribution >= 0.6 is 0 Å². The zero-order valence-corrected chi connectivity index (χ0v) is 20.5. The lowest BCUT2D eigenvalue weighted by atomic mass is 10.1. The Morgan fingerprint density at radius 1 is 1.03 bits per heavy atom. The van der Waals surface area contributed by atoms with Crippen molar-refractivity contribution in [2.24, 2.45) is 5.92 Å². The van der Waals surface area contributed by atoms with Gasteiger partial charge in [-0.25, -0.2) is 4.68 Å². The third-order valence-corrected chi connectivity index (χ3v) is 6.00. The van der Waals surface area contributed by atoms with Gasteiger partial charge in [0.25, 0.3) is 11.5 Å². The Kier molecular flexibility index (Phi) is 7.44. The van der Waals surface area contributed by atoms with Crippen molar-refractivity contribution in [3.63, 3.8) is 0 Å². The van der Waals surface area contributed by atoms with E-state index in [9.17, 15) is 9.59 Å².